The smallest absolute Gasteiger partial charge is 0.263 e. The number of halogens is 2. The predicted molar refractivity (Wildman–Crippen MR) is 194 cm³/mol. The average molecular weight is 684 g/mol. The summed E-state index contributed by atoms with van der Waals surface area (Å²) >= 11 is 14.5. The molecule has 0 bridgehead atoms. The Hall–Kier alpha value is -3.00. The number of aryl methyl sites for hydroxylation is 1. The summed E-state index contributed by atoms with van der Waals surface area (Å²) in [4.78, 5) is 18.0. The second kappa shape index (κ2) is 15.7. The lowest BCUT2D eigenvalue weighted by atomic mass is 9.87. The van der Waals surface area contributed by atoms with Crippen LogP contribution in [0.15, 0.2) is 59.1 Å². The van der Waals surface area contributed by atoms with Gasteiger partial charge in [0.25, 0.3) is 5.01 Å². The van der Waals surface area contributed by atoms with Gasteiger partial charge in [-0.25, -0.2) is 0 Å². The fraction of sp³-hybridized carbons (Fsp3) is 0.459. The molecule has 0 unspecified atom stereocenters. The van der Waals surface area contributed by atoms with Gasteiger partial charge in [-0.05, 0) is 50.1 Å². The molecule has 46 heavy (non-hydrogen) atoms. The van der Waals surface area contributed by atoms with E-state index in [0.29, 0.717) is 27.7 Å². The highest BCUT2D eigenvalue weighted by molar-refractivity contribution is 7.18. The first-order valence-corrected chi connectivity index (χ1v) is 18.4. The molecule has 2 aromatic carbocycles. The van der Waals surface area contributed by atoms with E-state index >= 15 is 0 Å². The molecule has 1 aromatic heterocycles. The first kappa shape index (κ1) is 34.3. The number of methoxy groups -OCH3 is 1. The minimum Gasteiger partial charge on any atom is -0.506 e. The van der Waals surface area contributed by atoms with E-state index < -0.39 is 0 Å². The number of carbonyl (C=O) groups is 1. The molecule has 0 atom stereocenters. The van der Waals surface area contributed by atoms with Crippen molar-refractivity contribution in [3.8, 4) is 5.75 Å². The van der Waals surface area contributed by atoms with Gasteiger partial charge < -0.3 is 19.6 Å². The van der Waals surface area contributed by atoms with Crippen LogP contribution in [0.25, 0.3) is 16.3 Å². The molecule has 246 valence electrons. The highest BCUT2D eigenvalue weighted by atomic mass is 35.5. The number of carbonyl (C=O) groups excluding carboxylic acids is 1. The summed E-state index contributed by atoms with van der Waals surface area (Å²) < 4.78 is 8.93. The number of unbranched alkanes of at least 4 members (excludes halogenated alkanes) is 8. The number of fused-ring (bicyclic) bond motifs is 2. The van der Waals surface area contributed by atoms with E-state index in [4.69, 9.17) is 27.9 Å². The molecule has 0 amide bonds. The quantitative estimate of drug-likeness (QED) is 0.0925. The van der Waals surface area contributed by atoms with Crippen molar-refractivity contribution < 1.29 is 19.2 Å². The van der Waals surface area contributed by atoms with Crippen LogP contribution in [0, 0.1) is 0 Å². The van der Waals surface area contributed by atoms with Gasteiger partial charge in [0.2, 0.25) is 11.3 Å². The molecule has 0 radical (unpaired) electrons. The summed E-state index contributed by atoms with van der Waals surface area (Å²) in [5.74, 6) is 1.53. The normalized spacial score (nSPS) is 16.3. The van der Waals surface area contributed by atoms with Crippen molar-refractivity contribution >= 4 is 68.0 Å². The third-order valence-corrected chi connectivity index (χ3v) is 10.8. The molecule has 1 aliphatic carbocycles. The lowest BCUT2D eigenvalue weighted by Crippen LogP contribution is -2.35. The fourth-order valence-corrected chi connectivity index (χ4v) is 7.73. The molecule has 0 saturated heterocycles. The lowest BCUT2D eigenvalue weighted by Gasteiger charge is -2.27. The summed E-state index contributed by atoms with van der Waals surface area (Å²) in [5, 5.41) is 13.2. The molecule has 0 saturated carbocycles. The Morgan fingerprint density at radius 1 is 0.870 bits per heavy atom. The first-order chi connectivity index (χ1) is 22.3. The summed E-state index contributed by atoms with van der Waals surface area (Å²) in [7, 11) is 1.68. The van der Waals surface area contributed by atoms with Crippen molar-refractivity contribution in [2.24, 2.45) is 0 Å². The number of allylic oxidation sites excluding steroid dienone is 3. The van der Waals surface area contributed by atoms with Gasteiger partial charge in [0.1, 0.15) is 22.0 Å². The number of Topliss-reactive ketones (excluding diaryl/α,β-unsaturated/α-hetero) is 1. The highest BCUT2D eigenvalue weighted by Crippen LogP contribution is 2.47. The predicted octanol–water partition coefficient (Wildman–Crippen LogP) is 10.4. The number of anilines is 2. The molecule has 1 aliphatic heterocycles. The van der Waals surface area contributed by atoms with E-state index in [1.165, 1.54) is 44.9 Å². The number of ketones is 1. The summed E-state index contributed by atoms with van der Waals surface area (Å²) in [6.07, 6.45) is 15.6. The van der Waals surface area contributed by atoms with Crippen molar-refractivity contribution in [3.05, 3.63) is 74.2 Å². The largest absolute Gasteiger partial charge is 0.506 e. The molecule has 2 heterocycles. The van der Waals surface area contributed by atoms with E-state index in [1.807, 2.05) is 30.4 Å². The number of hydrogen-bond donors (Lipinski definition) is 1. The zero-order valence-corrected chi connectivity index (χ0v) is 29.8. The number of rotatable bonds is 16. The Morgan fingerprint density at radius 2 is 1.52 bits per heavy atom. The topological polar surface area (TPSA) is 56.9 Å². The van der Waals surface area contributed by atoms with E-state index in [9.17, 15) is 9.90 Å². The maximum absolute atomic E-state index is 13.7. The second-order valence-corrected chi connectivity index (χ2v) is 13.9. The van der Waals surface area contributed by atoms with Crippen LogP contribution in [-0.4, -0.2) is 31.1 Å². The molecule has 1 N–H and O–H groups in total. The number of ether oxygens (including phenoxy) is 1. The number of nitrogens with zero attached hydrogens (tertiary/aromatic N) is 3. The molecule has 3 aromatic rings. The molecule has 2 aliphatic rings. The minimum absolute atomic E-state index is 0.0321. The molecule has 9 heteroatoms. The summed E-state index contributed by atoms with van der Waals surface area (Å²) in [6.45, 7) is 8.75. The summed E-state index contributed by atoms with van der Waals surface area (Å²) in [6, 6.07) is 9.87. The Morgan fingerprint density at radius 3 is 2.15 bits per heavy atom. The monoisotopic (exact) mass is 682 g/mol. The van der Waals surface area contributed by atoms with Crippen LogP contribution >= 0.6 is 34.5 Å². The Bertz CT molecular complexity index is 1680. The number of thiazole rings is 1. The van der Waals surface area contributed by atoms with E-state index in [-0.39, 0.29) is 11.5 Å². The van der Waals surface area contributed by atoms with Crippen LogP contribution < -0.4 is 19.1 Å². The average Bonchev–Trinajstić information content (AvgIpc) is 3.55. The molecule has 0 fully saturated rings. The fourth-order valence-electron chi connectivity index (χ4n) is 6.30. The number of aliphatic hydroxyl groups excluding tert-OH is 1. The third-order valence-electron chi connectivity index (χ3n) is 8.92. The first-order valence-electron chi connectivity index (χ1n) is 16.8. The molecule has 0 spiro atoms. The number of aliphatic hydroxyl groups is 1. The highest BCUT2D eigenvalue weighted by Gasteiger charge is 2.38. The van der Waals surface area contributed by atoms with Crippen molar-refractivity contribution in [2.45, 2.75) is 91.5 Å². The molecular formula is C37H46Cl2N3O3S+. The van der Waals surface area contributed by atoms with Gasteiger partial charge in [0.15, 0.2) is 6.54 Å². The molecule has 5 rings (SSSR count). The van der Waals surface area contributed by atoms with E-state index in [0.717, 1.165) is 70.5 Å². The molecular weight excluding hydrogens is 637 g/mol. The standard InChI is InChI=1S/C37H45Cl2N3O3S/c1-5-8-10-11-12-13-14-15-19-42-32-20-25(45-4)16-17-33(32)46-35(42)22-27-36(43)26(37(27)44)21-34-40(7-3)30-23-28(38)29(39)24-31(30)41(34)18-9-6-2/h16-17,20-24H,5-15,18-19H2,1-4H3/p+1. The Balaban J connectivity index is 1.44. The third kappa shape index (κ3) is 7.12. The maximum atomic E-state index is 13.7. The van der Waals surface area contributed by atoms with Crippen LogP contribution in [0.5, 0.6) is 5.75 Å². The van der Waals surface area contributed by atoms with Crippen molar-refractivity contribution in [1.29, 1.82) is 0 Å². The zero-order valence-electron chi connectivity index (χ0n) is 27.5. The van der Waals surface area contributed by atoms with Crippen LogP contribution in [0.2, 0.25) is 10.0 Å². The lowest BCUT2D eigenvalue weighted by molar-refractivity contribution is -0.669. The number of aromatic nitrogens is 1. The minimum atomic E-state index is -0.155. The van der Waals surface area contributed by atoms with Crippen molar-refractivity contribution in [2.75, 3.05) is 30.0 Å². The van der Waals surface area contributed by atoms with E-state index in [2.05, 4.69) is 47.3 Å². The van der Waals surface area contributed by atoms with Crippen molar-refractivity contribution in [1.82, 2.24) is 0 Å². The number of benzene rings is 2. The Labute approximate surface area is 287 Å². The van der Waals surface area contributed by atoms with Crippen molar-refractivity contribution in [3.63, 3.8) is 0 Å². The van der Waals surface area contributed by atoms with Gasteiger partial charge in [-0.3, -0.25) is 4.79 Å². The van der Waals surface area contributed by atoms with Gasteiger partial charge in [-0.2, -0.15) is 4.57 Å². The van der Waals surface area contributed by atoms with Gasteiger partial charge in [-0.1, -0.05) is 93.3 Å². The zero-order chi connectivity index (χ0) is 32.8. The SMILES string of the molecule is CCCCCCCCCC[n+]1c(/C=C2\C(=O)C(/C=C3/N(CC)c4cc(Cl)c(Cl)cc4N3CCCC)=C2O)sc2ccc(OC)cc21. The number of hydrogen-bond acceptors (Lipinski definition) is 6. The van der Waals surface area contributed by atoms with Gasteiger partial charge in [0.05, 0.1) is 45.7 Å². The van der Waals surface area contributed by atoms with Crippen LogP contribution in [0.1, 0.15) is 90.0 Å². The van der Waals surface area contributed by atoms with Gasteiger partial charge in [0, 0.05) is 25.6 Å². The summed E-state index contributed by atoms with van der Waals surface area (Å²) in [5.41, 5.74) is 3.66. The van der Waals surface area contributed by atoms with Gasteiger partial charge >= 0.3 is 0 Å². The second-order valence-electron chi connectivity index (χ2n) is 12.1. The van der Waals surface area contributed by atoms with Crippen LogP contribution in [0.3, 0.4) is 0 Å². The van der Waals surface area contributed by atoms with Crippen LogP contribution in [0.4, 0.5) is 11.4 Å². The molecule has 6 nitrogen and oxygen atoms in total. The Kier molecular flexibility index (Phi) is 11.7. The van der Waals surface area contributed by atoms with E-state index in [1.54, 1.807) is 18.4 Å². The van der Waals surface area contributed by atoms with Crippen LogP contribution in [-0.2, 0) is 11.3 Å². The maximum Gasteiger partial charge on any atom is 0.263 e. The van der Waals surface area contributed by atoms with Gasteiger partial charge in [-0.15, -0.1) is 0 Å².